The van der Waals surface area contributed by atoms with Gasteiger partial charge < -0.3 is 20.9 Å². The standard InChI is InChI=1S/C21H29N9S/c22-18(31)28-23-15-16-7-9-17(10-8-16)24-19-25-20(29-11-3-1-4-12-29)27-21(26-19)30-13-5-2-6-14-30/h7-10,15H,1-6,11-14H2,(H3,22,28,31)(H,24,25,26,27). The number of nitrogens with one attached hydrogen (secondary N) is 2. The normalized spacial score (nSPS) is 17.0. The minimum atomic E-state index is 0.137. The van der Waals surface area contributed by atoms with E-state index in [1.165, 1.54) is 38.5 Å². The van der Waals surface area contributed by atoms with E-state index in [0.717, 1.165) is 49.3 Å². The Morgan fingerprint density at radius 3 is 1.94 bits per heavy atom. The number of hydrogen-bond donors (Lipinski definition) is 3. The van der Waals surface area contributed by atoms with Crippen molar-refractivity contribution in [3.05, 3.63) is 29.8 Å². The van der Waals surface area contributed by atoms with E-state index in [2.05, 4.69) is 25.6 Å². The Balaban J connectivity index is 1.53. The monoisotopic (exact) mass is 439 g/mol. The third kappa shape index (κ3) is 6.00. The first-order valence-corrected chi connectivity index (χ1v) is 11.3. The molecule has 2 fully saturated rings. The lowest BCUT2D eigenvalue weighted by Gasteiger charge is -2.30. The van der Waals surface area contributed by atoms with Gasteiger partial charge in [0.1, 0.15) is 0 Å². The second-order valence-electron chi connectivity index (χ2n) is 7.84. The summed E-state index contributed by atoms with van der Waals surface area (Å²) in [7, 11) is 0. The number of nitrogens with zero attached hydrogens (tertiary/aromatic N) is 6. The molecule has 2 aliphatic rings. The Kier molecular flexibility index (Phi) is 7.08. The van der Waals surface area contributed by atoms with Gasteiger partial charge in [-0.3, -0.25) is 5.43 Å². The van der Waals surface area contributed by atoms with Crippen LogP contribution in [0.1, 0.15) is 44.1 Å². The molecule has 164 valence electrons. The van der Waals surface area contributed by atoms with Gasteiger partial charge in [0.2, 0.25) is 17.8 Å². The fourth-order valence-electron chi connectivity index (χ4n) is 3.83. The van der Waals surface area contributed by atoms with E-state index in [1.807, 2.05) is 24.3 Å². The van der Waals surface area contributed by atoms with Crippen LogP contribution in [0.3, 0.4) is 0 Å². The van der Waals surface area contributed by atoms with Crippen molar-refractivity contribution >= 4 is 47.1 Å². The van der Waals surface area contributed by atoms with Gasteiger partial charge in [0, 0.05) is 31.9 Å². The molecular formula is C21H29N9S. The van der Waals surface area contributed by atoms with Crippen molar-refractivity contribution in [2.75, 3.05) is 41.3 Å². The zero-order valence-electron chi connectivity index (χ0n) is 17.6. The van der Waals surface area contributed by atoms with Crippen molar-refractivity contribution in [3.8, 4) is 0 Å². The largest absolute Gasteiger partial charge is 0.375 e. The molecule has 0 unspecified atom stereocenters. The molecular weight excluding hydrogens is 410 g/mol. The summed E-state index contributed by atoms with van der Waals surface area (Å²) in [6.07, 6.45) is 8.93. The van der Waals surface area contributed by atoms with Crippen molar-refractivity contribution in [1.82, 2.24) is 20.4 Å². The maximum absolute atomic E-state index is 5.37. The average molecular weight is 440 g/mol. The molecule has 0 aliphatic carbocycles. The Labute approximate surface area is 188 Å². The molecule has 2 saturated heterocycles. The van der Waals surface area contributed by atoms with Gasteiger partial charge in [-0.05, 0) is 68.4 Å². The molecule has 10 heteroatoms. The highest BCUT2D eigenvalue weighted by Gasteiger charge is 2.20. The maximum atomic E-state index is 5.37. The van der Waals surface area contributed by atoms with Crippen LogP contribution < -0.4 is 26.3 Å². The highest BCUT2D eigenvalue weighted by Crippen LogP contribution is 2.24. The van der Waals surface area contributed by atoms with Crippen LogP contribution in [0.5, 0.6) is 0 Å². The minimum absolute atomic E-state index is 0.137. The number of benzene rings is 1. The number of aromatic nitrogens is 3. The highest BCUT2D eigenvalue weighted by atomic mass is 32.1. The molecule has 0 radical (unpaired) electrons. The second kappa shape index (κ2) is 10.3. The molecule has 0 spiro atoms. The van der Waals surface area contributed by atoms with Crippen LogP contribution in [0, 0.1) is 0 Å². The van der Waals surface area contributed by atoms with Crippen LogP contribution in [0.15, 0.2) is 29.4 Å². The van der Waals surface area contributed by atoms with Crippen LogP contribution in [0.2, 0.25) is 0 Å². The summed E-state index contributed by atoms with van der Waals surface area (Å²) < 4.78 is 0. The van der Waals surface area contributed by atoms with E-state index < -0.39 is 0 Å². The predicted octanol–water partition coefficient (Wildman–Crippen LogP) is 2.76. The average Bonchev–Trinajstić information content (AvgIpc) is 2.81. The van der Waals surface area contributed by atoms with Gasteiger partial charge in [0.25, 0.3) is 0 Å². The van der Waals surface area contributed by atoms with E-state index in [1.54, 1.807) is 6.21 Å². The summed E-state index contributed by atoms with van der Waals surface area (Å²) in [4.78, 5) is 18.9. The Hall–Kier alpha value is -3.01. The fraction of sp³-hybridized carbons (Fsp3) is 0.476. The number of piperidine rings is 2. The topological polar surface area (TPSA) is 108 Å². The van der Waals surface area contributed by atoms with E-state index in [-0.39, 0.29) is 5.11 Å². The van der Waals surface area contributed by atoms with Crippen LogP contribution >= 0.6 is 12.2 Å². The SMILES string of the molecule is NC(=S)NN=Cc1ccc(Nc2nc(N3CCCCC3)nc(N3CCCCC3)n2)cc1. The third-order valence-corrected chi connectivity index (χ3v) is 5.54. The first kappa shape index (κ1) is 21.2. The van der Waals surface area contributed by atoms with Gasteiger partial charge >= 0.3 is 0 Å². The lowest BCUT2D eigenvalue weighted by molar-refractivity contribution is 0.556. The van der Waals surface area contributed by atoms with E-state index in [0.29, 0.717) is 5.95 Å². The number of hydrazone groups is 1. The zero-order chi connectivity index (χ0) is 21.5. The summed E-state index contributed by atoms with van der Waals surface area (Å²) in [5, 5.41) is 7.46. The zero-order valence-corrected chi connectivity index (χ0v) is 18.4. The summed E-state index contributed by atoms with van der Waals surface area (Å²) in [6, 6.07) is 7.83. The van der Waals surface area contributed by atoms with Crippen LogP contribution in [-0.4, -0.2) is 52.5 Å². The molecule has 4 N–H and O–H groups in total. The molecule has 2 aromatic rings. The van der Waals surface area contributed by atoms with Gasteiger partial charge in [-0.15, -0.1) is 0 Å². The van der Waals surface area contributed by atoms with Crippen LogP contribution in [0.25, 0.3) is 0 Å². The molecule has 0 atom stereocenters. The summed E-state index contributed by atoms with van der Waals surface area (Å²) >= 11 is 4.74. The molecule has 1 aromatic carbocycles. The molecule has 4 rings (SSSR count). The molecule has 0 bridgehead atoms. The molecule has 0 amide bonds. The van der Waals surface area contributed by atoms with Crippen molar-refractivity contribution in [3.63, 3.8) is 0 Å². The molecule has 1 aromatic heterocycles. The summed E-state index contributed by atoms with van der Waals surface area (Å²) in [5.74, 6) is 2.11. The number of nitrogens with two attached hydrogens (primary N) is 1. The molecule has 31 heavy (non-hydrogen) atoms. The fourth-order valence-corrected chi connectivity index (χ4v) is 3.89. The van der Waals surface area contributed by atoms with Gasteiger partial charge in [-0.25, -0.2) is 0 Å². The summed E-state index contributed by atoms with van der Waals surface area (Å²) in [5.41, 5.74) is 9.75. The smallest absolute Gasteiger partial charge is 0.233 e. The number of anilines is 4. The molecule has 2 aliphatic heterocycles. The third-order valence-electron chi connectivity index (χ3n) is 5.44. The van der Waals surface area contributed by atoms with E-state index in [9.17, 15) is 0 Å². The number of hydrogen-bond acceptors (Lipinski definition) is 8. The van der Waals surface area contributed by atoms with Crippen LogP contribution in [-0.2, 0) is 0 Å². The van der Waals surface area contributed by atoms with E-state index >= 15 is 0 Å². The second-order valence-corrected chi connectivity index (χ2v) is 8.28. The van der Waals surface area contributed by atoms with Crippen molar-refractivity contribution in [1.29, 1.82) is 0 Å². The lowest BCUT2D eigenvalue weighted by Crippen LogP contribution is -2.34. The van der Waals surface area contributed by atoms with Crippen molar-refractivity contribution in [2.24, 2.45) is 10.8 Å². The van der Waals surface area contributed by atoms with Gasteiger partial charge in [-0.1, -0.05) is 12.1 Å². The Morgan fingerprint density at radius 1 is 0.871 bits per heavy atom. The van der Waals surface area contributed by atoms with Gasteiger partial charge in [0.15, 0.2) is 5.11 Å². The quantitative estimate of drug-likeness (QED) is 0.356. The minimum Gasteiger partial charge on any atom is -0.375 e. The van der Waals surface area contributed by atoms with Gasteiger partial charge in [-0.2, -0.15) is 20.1 Å². The number of thiocarbonyl (C=S) groups is 1. The van der Waals surface area contributed by atoms with Crippen molar-refractivity contribution < 1.29 is 0 Å². The predicted molar refractivity (Wildman–Crippen MR) is 129 cm³/mol. The highest BCUT2D eigenvalue weighted by molar-refractivity contribution is 7.80. The first-order chi connectivity index (χ1) is 15.2. The van der Waals surface area contributed by atoms with Crippen molar-refractivity contribution in [2.45, 2.75) is 38.5 Å². The summed E-state index contributed by atoms with van der Waals surface area (Å²) in [6.45, 7) is 3.99. The molecule has 3 heterocycles. The van der Waals surface area contributed by atoms with E-state index in [4.69, 9.17) is 32.9 Å². The number of rotatable bonds is 6. The maximum Gasteiger partial charge on any atom is 0.233 e. The first-order valence-electron chi connectivity index (χ1n) is 10.9. The van der Waals surface area contributed by atoms with Crippen LogP contribution in [0.4, 0.5) is 23.5 Å². The molecule has 0 saturated carbocycles. The Bertz CT molecular complexity index is 867. The van der Waals surface area contributed by atoms with Gasteiger partial charge in [0.05, 0.1) is 6.21 Å². The lowest BCUT2D eigenvalue weighted by atomic mass is 10.1. The Morgan fingerprint density at radius 2 is 1.42 bits per heavy atom. The molecule has 9 nitrogen and oxygen atoms in total.